The first kappa shape index (κ1) is 18.1. The van der Waals surface area contributed by atoms with Crippen LogP contribution in [0.3, 0.4) is 0 Å². The van der Waals surface area contributed by atoms with E-state index in [2.05, 4.69) is 0 Å². The molecule has 0 bridgehead atoms. The molecule has 2 aromatic carbocycles. The summed E-state index contributed by atoms with van der Waals surface area (Å²) < 4.78 is 29.8. The van der Waals surface area contributed by atoms with Gasteiger partial charge in [-0.1, -0.05) is 42.5 Å². The van der Waals surface area contributed by atoms with Crippen molar-refractivity contribution in [2.24, 2.45) is 0 Å². The van der Waals surface area contributed by atoms with Crippen molar-refractivity contribution >= 4 is 18.0 Å². The van der Waals surface area contributed by atoms with Crippen LogP contribution in [0.15, 0.2) is 72.8 Å². The van der Waals surface area contributed by atoms with Crippen LogP contribution >= 0.6 is 0 Å². The first-order chi connectivity index (χ1) is 13.5. The highest BCUT2D eigenvalue weighted by Gasteiger charge is 2.52. The Labute approximate surface area is 161 Å². The summed E-state index contributed by atoms with van der Waals surface area (Å²) in [5.41, 5.74) is 1.49. The van der Waals surface area contributed by atoms with Crippen molar-refractivity contribution in [2.75, 3.05) is 0 Å². The molecule has 6 heteroatoms. The topological polar surface area (TPSA) is 61.8 Å². The lowest BCUT2D eigenvalue weighted by molar-refractivity contribution is -0.193. The van der Waals surface area contributed by atoms with E-state index in [0.29, 0.717) is 5.56 Å². The molecule has 0 radical (unpaired) electrons. The molecule has 2 aliphatic rings. The van der Waals surface area contributed by atoms with Crippen molar-refractivity contribution in [3.8, 4) is 0 Å². The number of benzene rings is 2. The molecule has 0 N–H and O–H groups in total. The average molecular weight is 380 g/mol. The third-order valence-corrected chi connectivity index (χ3v) is 4.57. The molecule has 2 heterocycles. The van der Waals surface area contributed by atoms with Crippen LogP contribution in [0.25, 0.3) is 6.08 Å². The second kappa shape index (κ2) is 7.40. The first-order valence-electron chi connectivity index (χ1n) is 8.82. The van der Waals surface area contributed by atoms with E-state index >= 15 is 0 Å². The fourth-order valence-electron chi connectivity index (χ4n) is 3.29. The van der Waals surface area contributed by atoms with Crippen molar-refractivity contribution in [3.05, 3.63) is 89.8 Å². The normalized spacial score (nSPS) is 26.1. The molecule has 2 aromatic rings. The van der Waals surface area contributed by atoms with Gasteiger partial charge in [0, 0.05) is 12.2 Å². The Kier molecular flexibility index (Phi) is 4.79. The molecule has 142 valence electrons. The Morgan fingerprint density at radius 1 is 1.14 bits per heavy atom. The Morgan fingerprint density at radius 3 is 2.57 bits per heavy atom. The minimum Gasteiger partial charge on any atom is -0.456 e. The van der Waals surface area contributed by atoms with Crippen molar-refractivity contribution in [2.45, 2.75) is 24.4 Å². The molecule has 3 atom stereocenters. The van der Waals surface area contributed by atoms with Crippen LogP contribution in [0.2, 0.25) is 0 Å². The molecule has 0 aliphatic carbocycles. The number of carbonyl (C=O) groups is 2. The molecule has 0 aromatic heterocycles. The minimum atomic E-state index is -1.22. The number of hydrogen-bond acceptors (Lipinski definition) is 5. The Hall–Kier alpha value is -3.25. The molecule has 28 heavy (non-hydrogen) atoms. The van der Waals surface area contributed by atoms with Crippen LogP contribution in [-0.2, 0) is 23.8 Å². The van der Waals surface area contributed by atoms with E-state index in [0.717, 1.165) is 5.56 Å². The van der Waals surface area contributed by atoms with E-state index < -0.39 is 29.9 Å². The van der Waals surface area contributed by atoms with Gasteiger partial charge >= 0.3 is 11.9 Å². The van der Waals surface area contributed by atoms with Gasteiger partial charge in [0.05, 0.1) is 6.42 Å². The minimum absolute atomic E-state index is 0.199. The Morgan fingerprint density at radius 2 is 1.89 bits per heavy atom. The number of ether oxygens (including phenoxy) is 3. The van der Waals surface area contributed by atoms with Gasteiger partial charge in [0.2, 0.25) is 5.79 Å². The maximum Gasteiger partial charge on any atom is 0.333 e. The zero-order valence-corrected chi connectivity index (χ0v) is 14.8. The predicted molar refractivity (Wildman–Crippen MR) is 98.2 cm³/mol. The fraction of sp³-hybridized carbons (Fsp3) is 0.182. The summed E-state index contributed by atoms with van der Waals surface area (Å²) in [5.74, 6) is -2.62. The lowest BCUT2D eigenvalue weighted by Crippen LogP contribution is -2.27. The summed E-state index contributed by atoms with van der Waals surface area (Å²) in [4.78, 5) is 23.8. The highest BCUT2D eigenvalue weighted by molar-refractivity contribution is 5.87. The highest BCUT2D eigenvalue weighted by atomic mass is 19.1. The molecule has 0 amide bonds. The zero-order chi connectivity index (χ0) is 19.6. The van der Waals surface area contributed by atoms with Crippen LogP contribution in [0, 0.1) is 5.82 Å². The maximum atomic E-state index is 13.0. The Balaban J connectivity index is 1.50. The van der Waals surface area contributed by atoms with E-state index in [4.69, 9.17) is 14.2 Å². The van der Waals surface area contributed by atoms with Gasteiger partial charge in [0.15, 0.2) is 0 Å². The van der Waals surface area contributed by atoms with Crippen molar-refractivity contribution in [1.29, 1.82) is 0 Å². The molecule has 1 fully saturated rings. The number of hydrogen-bond donors (Lipinski definition) is 0. The van der Waals surface area contributed by atoms with Gasteiger partial charge in [0.25, 0.3) is 0 Å². The maximum absolute atomic E-state index is 13.0. The Bertz CT molecular complexity index is 935. The quantitative estimate of drug-likeness (QED) is 0.598. The number of esters is 2. The number of halogens is 1. The van der Waals surface area contributed by atoms with Gasteiger partial charge in [-0.2, -0.15) is 0 Å². The van der Waals surface area contributed by atoms with Crippen LogP contribution in [0.5, 0.6) is 0 Å². The van der Waals surface area contributed by atoms with E-state index in [1.807, 2.05) is 30.3 Å². The van der Waals surface area contributed by atoms with Crippen molar-refractivity contribution in [1.82, 2.24) is 0 Å². The van der Waals surface area contributed by atoms with Crippen molar-refractivity contribution < 1.29 is 28.2 Å². The molecule has 1 saturated heterocycles. The van der Waals surface area contributed by atoms with Crippen LogP contribution in [-0.4, -0.2) is 23.8 Å². The van der Waals surface area contributed by atoms with Gasteiger partial charge in [0.1, 0.15) is 18.0 Å². The molecular weight excluding hydrogens is 363 g/mol. The van der Waals surface area contributed by atoms with Gasteiger partial charge < -0.3 is 14.2 Å². The predicted octanol–water partition coefficient (Wildman–Crippen LogP) is 3.72. The highest BCUT2D eigenvalue weighted by Crippen LogP contribution is 2.44. The van der Waals surface area contributed by atoms with Crippen LogP contribution < -0.4 is 0 Å². The lowest BCUT2D eigenvalue weighted by atomic mass is 10.0. The summed E-state index contributed by atoms with van der Waals surface area (Å²) in [6.07, 6.45) is 4.67. The zero-order valence-electron chi connectivity index (χ0n) is 14.8. The van der Waals surface area contributed by atoms with E-state index in [-0.39, 0.29) is 12.2 Å². The summed E-state index contributed by atoms with van der Waals surface area (Å²) in [5, 5.41) is 0. The number of rotatable bonds is 4. The smallest absolute Gasteiger partial charge is 0.333 e. The summed E-state index contributed by atoms with van der Waals surface area (Å²) in [7, 11) is 0. The van der Waals surface area contributed by atoms with Crippen LogP contribution in [0.4, 0.5) is 4.39 Å². The molecule has 0 saturated carbocycles. The second-order valence-corrected chi connectivity index (χ2v) is 6.58. The molecular formula is C22H17FO5. The monoisotopic (exact) mass is 380 g/mol. The van der Waals surface area contributed by atoms with Gasteiger partial charge in [-0.25, -0.2) is 14.0 Å². The molecule has 4 rings (SSSR count). The second-order valence-electron chi connectivity index (χ2n) is 6.58. The molecule has 5 nitrogen and oxygen atoms in total. The average Bonchev–Trinajstić information content (AvgIpc) is 3.24. The summed E-state index contributed by atoms with van der Waals surface area (Å²) >= 11 is 0. The van der Waals surface area contributed by atoms with Crippen LogP contribution in [0.1, 0.15) is 23.7 Å². The summed E-state index contributed by atoms with van der Waals surface area (Å²) in [6.45, 7) is 0. The molecule has 0 unspecified atom stereocenters. The third-order valence-electron chi connectivity index (χ3n) is 4.57. The summed E-state index contributed by atoms with van der Waals surface area (Å²) in [6, 6.07) is 15.0. The number of carbonyl (C=O) groups excluding carboxylic acids is 2. The molecule has 1 spiro atoms. The lowest BCUT2D eigenvalue weighted by Gasteiger charge is -2.21. The fourth-order valence-corrected chi connectivity index (χ4v) is 3.29. The van der Waals surface area contributed by atoms with E-state index in [1.165, 1.54) is 24.3 Å². The largest absolute Gasteiger partial charge is 0.456 e. The third kappa shape index (κ3) is 3.87. The van der Waals surface area contributed by atoms with Gasteiger partial charge in [-0.05, 0) is 35.4 Å². The first-order valence-corrected chi connectivity index (χ1v) is 8.82. The van der Waals surface area contributed by atoms with Gasteiger partial charge in [-0.15, -0.1) is 0 Å². The van der Waals surface area contributed by atoms with E-state index in [9.17, 15) is 14.0 Å². The molecule has 2 aliphatic heterocycles. The standard InChI is InChI=1S/C22H17FO5/c23-17-9-6-15(7-10-17)8-11-19(24)26-18-14-22(13-12-20(25)27-22)28-21(18)16-4-2-1-3-5-16/h1-13,18,21H,14H2/b11-8+/t18-,21+,22+/m0/s1. The SMILES string of the molecule is O=C1C=C[C@@]2(C[C@H](OC(=O)/C=C/c3ccc(F)cc3)[C@@H](c3ccccc3)O2)O1. The van der Waals surface area contributed by atoms with Crippen molar-refractivity contribution in [3.63, 3.8) is 0 Å². The van der Waals surface area contributed by atoms with Gasteiger partial charge in [-0.3, -0.25) is 0 Å². The van der Waals surface area contributed by atoms with E-state index in [1.54, 1.807) is 24.3 Å².